The lowest BCUT2D eigenvalue weighted by atomic mass is 10.3. The van der Waals surface area contributed by atoms with Crippen LogP contribution in [0.3, 0.4) is 0 Å². The van der Waals surface area contributed by atoms with Crippen molar-refractivity contribution in [1.82, 2.24) is 9.03 Å². The number of aliphatic hydroxyl groups excluding tert-OH is 1. The molecule has 13 heavy (non-hydrogen) atoms. The van der Waals surface area contributed by atoms with Gasteiger partial charge < -0.3 is 10.2 Å². The summed E-state index contributed by atoms with van der Waals surface area (Å²) in [5.41, 5.74) is 0. The molecule has 0 bridgehead atoms. The van der Waals surface area contributed by atoms with E-state index in [1.807, 2.05) is 0 Å². The fourth-order valence-electron chi connectivity index (χ4n) is 0.451. The molecule has 0 heterocycles. The van der Waals surface area contributed by atoms with E-state index in [0.29, 0.717) is 0 Å². The number of aliphatic hydroxyl groups is 1. The van der Waals surface area contributed by atoms with Gasteiger partial charge in [-0.3, -0.25) is 4.79 Å². The van der Waals surface area contributed by atoms with Gasteiger partial charge in [-0.15, -0.1) is 0 Å². The smallest absolute Gasteiger partial charge is 0.324 e. The average molecular weight is 212 g/mol. The van der Waals surface area contributed by atoms with Gasteiger partial charge in [0.25, 0.3) is 10.2 Å². The fraction of sp³-hybridized carbons (Fsp3) is 0.800. The second-order valence-electron chi connectivity index (χ2n) is 2.48. The number of nitrogens with one attached hydrogen (secondary N) is 1. The molecule has 1 atom stereocenters. The highest BCUT2D eigenvalue weighted by Gasteiger charge is 2.24. The first kappa shape index (κ1) is 12.3. The summed E-state index contributed by atoms with van der Waals surface area (Å²) in [4.78, 5) is 10.3. The van der Waals surface area contributed by atoms with Crippen molar-refractivity contribution in [1.29, 1.82) is 0 Å². The van der Waals surface area contributed by atoms with E-state index in [1.165, 1.54) is 14.1 Å². The summed E-state index contributed by atoms with van der Waals surface area (Å²) < 4.78 is 24.7. The van der Waals surface area contributed by atoms with Crippen molar-refractivity contribution in [2.45, 2.75) is 6.04 Å². The number of nitrogens with zero attached hydrogens (tertiary/aromatic N) is 1. The van der Waals surface area contributed by atoms with Crippen LogP contribution in [-0.2, 0) is 15.0 Å². The van der Waals surface area contributed by atoms with E-state index in [-0.39, 0.29) is 0 Å². The molecule has 7 nitrogen and oxygen atoms in total. The first-order valence-electron chi connectivity index (χ1n) is 3.34. The lowest BCUT2D eigenvalue weighted by molar-refractivity contribution is -0.139. The third-order valence-electron chi connectivity index (χ3n) is 1.25. The standard InChI is InChI=1S/C5H12N2O5S/c1-7(2)13(11,12)6-4(3-8)5(9)10/h4,6,8H,3H2,1-2H3,(H,9,10). The highest BCUT2D eigenvalue weighted by atomic mass is 32.2. The van der Waals surface area contributed by atoms with Crippen molar-refractivity contribution >= 4 is 16.2 Å². The van der Waals surface area contributed by atoms with Gasteiger partial charge >= 0.3 is 5.97 Å². The molecule has 0 aromatic rings. The summed E-state index contributed by atoms with van der Waals surface area (Å²) in [6.45, 7) is -0.789. The molecule has 0 aromatic heterocycles. The molecular formula is C5H12N2O5S. The molecule has 0 saturated heterocycles. The third kappa shape index (κ3) is 3.68. The van der Waals surface area contributed by atoms with Crippen molar-refractivity contribution in [2.24, 2.45) is 0 Å². The Morgan fingerprint density at radius 1 is 1.54 bits per heavy atom. The number of rotatable bonds is 5. The SMILES string of the molecule is CN(C)S(=O)(=O)NC(CO)C(=O)O. The second-order valence-corrected chi connectivity index (χ2v) is 4.39. The van der Waals surface area contributed by atoms with E-state index in [4.69, 9.17) is 10.2 Å². The minimum atomic E-state index is -3.81. The van der Waals surface area contributed by atoms with Crippen molar-refractivity contribution in [3.63, 3.8) is 0 Å². The van der Waals surface area contributed by atoms with Gasteiger partial charge in [-0.1, -0.05) is 0 Å². The van der Waals surface area contributed by atoms with Crippen LogP contribution in [-0.4, -0.2) is 55.6 Å². The van der Waals surface area contributed by atoms with Crippen LogP contribution in [0.5, 0.6) is 0 Å². The van der Waals surface area contributed by atoms with Gasteiger partial charge in [-0.25, -0.2) is 0 Å². The average Bonchev–Trinajstić information content (AvgIpc) is 1.99. The highest BCUT2D eigenvalue weighted by Crippen LogP contribution is 1.92. The predicted octanol–water partition coefficient (Wildman–Crippen LogP) is -2.17. The molecular weight excluding hydrogens is 200 g/mol. The van der Waals surface area contributed by atoms with E-state index in [9.17, 15) is 13.2 Å². The molecule has 0 spiro atoms. The van der Waals surface area contributed by atoms with E-state index in [2.05, 4.69) is 0 Å². The predicted molar refractivity (Wildman–Crippen MR) is 44.3 cm³/mol. The summed E-state index contributed by atoms with van der Waals surface area (Å²) in [7, 11) is -1.31. The largest absolute Gasteiger partial charge is 0.480 e. The van der Waals surface area contributed by atoms with Crippen molar-refractivity contribution in [3.8, 4) is 0 Å². The van der Waals surface area contributed by atoms with Gasteiger partial charge in [-0.2, -0.15) is 17.4 Å². The Labute approximate surface area is 76.2 Å². The van der Waals surface area contributed by atoms with Crippen LogP contribution in [0, 0.1) is 0 Å². The maximum atomic E-state index is 11.0. The number of aliphatic carboxylic acids is 1. The molecule has 0 aliphatic rings. The molecule has 0 aromatic carbocycles. The molecule has 0 radical (unpaired) electrons. The van der Waals surface area contributed by atoms with Crippen molar-refractivity contribution in [2.75, 3.05) is 20.7 Å². The van der Waals surface area contributed by atoms with Crippen LogP contribution in [0.2, 0.25) is 0 Å². The summed E-state index contributed by atoms with van der Waals surface area (Å²) in [5.74, 6) is -1.42. The number of carboxylic acids is 1. The Kier molecular flexibility index (Phi) is 4.27. The second kappa shape index (κ2) is 4.51. The molecule has 3 N–H and O–H groups in total. The maximum absolute atomic E-state index is 11.0. The van der Waals surface area contributed by atoms with Crippen LogP contribution < -0.4 is 4.72 Å². The molecule has 78 valence electrons. The Balaban J connectivity index is 4.50. The molecule has 8 heteroatoms. The Hall–Kier alpha value is -0.700. The molecule has 0 fully saturated rings. The first-order valence-corrected chi connectivity index (χ1v) is 4.78. The van der Waals surface area contributed by atoms with E-state index >= 15 is 0 Å². The highest BCUT2D eigenvalue weighted by molar-refractivity contribution is 7.87. The monoisotopic (exact) mass is 212 g/mol. The minimum Gasteiger partial charge on any atom is -0.480 e. The van der Waals surface area contributed by atoms with Crippen LogP contribution in [0.1, 0.15) is 0 Å². The van der Waals surface area contributed by atoms with Gasteiger partial charge in [0.1, 0.15) is 6.04 Å². The first-order chi connectivity index (χ1) is 5.81. The van der Waals surface area contributed by atoms with Crippen LogP contribution in [0.15, 0.2) is 0 Å². The Morgan fingerprint density at radius 3 is 2.23 bits per heavy atom. The molecule has 0 amide bonds. The fourth-order valence-corrected chi connectivity index (χ4v) is 1.20. The maximum Gasteiger partial charge on any atom is 0.324 e. The van der Waals surface area contributed by atoms with Gasteiger partial charge in [0, 0.05) is 14.1 Å². The number of carboxylic acid groups (broad SMARTS) is 1. The normalized spacial score (nSPS) is 14.5. The van der Waals surface area contributed by atoms with Crippen LogP contribution in [0.4, 0.5) is 0 Å². The van der Waals surface area contributed by atoms with Gasteiger partial charge in [0.05, 0.1) is 6.61 Å². The third-order valence-corrected chi connectivity index (χ3v) is 2.80. The van der Waals surface area contributed by atoms with E-state index in [1.54, 1.807) is 4.72 Å². The zero-order chi connectivity index (χ0) is 10.6. The van der Waals surface area contributed by atoms with Gasteiger partial charge in [0.15, 0.2) is 0 Å². The van der Waals surface area contributed by atoms with E-state index in [0.717, 1.165) is 4.31 Å². The summed E-state index contributed by atoms with van der Waals surface area (Å²) in [6, 6.07) is -1.51. The molecule has 1 unspecified atom stereocenters. The van der Waals surface area contributed by atoms with Gasteiger partial charge in [0.2, 0.25) is 0 Å². The van der Waals surface area contributed by atoms with E-state index < -0.39 is 28.8 Å². The van der Waals surface area contributed by atoms with Crippen LogP contribution in [0.25, 0.3) is 0 Å². The Bertz CT molecular complexity index is 273. The lowest BCUT2D eigenvalue weighted by Crippen LogP contribution is -2.47. The molecule has 0 aliphatic heterocycles. The van der Waals surface area contributed by atoms with Crippen molar-refractivity contribution in [3.05, 3.63) is 0 Å². The van der Waals surface area contributed by atoms with Crippen molar-refractivity contribution < 1.29 is 23.4 Å². The summed E-state index contributed by atoms with van der Waals surface area (Å²) >= 11 is 0. The molecule has 0 rings (SSSR count). The number of carbonyl (C=O) groups is 1. The quantitative estimate of drug-likeness (QED) is 0.480. The number of hydrogen-bond acceptors (Lipinski definition) is 4. The molecule has 0 aliphatic carbocycles. The minimum absolute atomic E-state index is 0.789. The summed E-state index contributed by atoms with van der Waals surface area (Å²) in [5, 5.41) is 16.9. The lowest BCUT2D eigenvalue weighted by Gasteiger charge is -2.15. The topological polar surface area (TPSA) is 107 Å². The molecule has 0 saturated carbocycles. The van der Waals surface area contributed by atoms with Crippen LogP contribution >= 0.6 is 0 Å². The Morgan fingerprint density at radius 2 is 2.00 bits per heavy atom. The van der Waals surface area contributed by atoms with Gasteiger partial charge in [-0.05, 0) is 0 Å². The zero-order valence-corrected chi connectivity index (χ0v) is 8.08. The zero-order valence-electron chi connectivity index (χ0n) is 7.26. The number of hydrogen-bond donors (Lipinski definition) is 3. The summed E-state index contributed by atoms with van der Waals surface area (Å²) in [6.07, 6.45) is 0.